The first-order valence-corrected chi connectivity index (χ1v) is 9.08. The minimum absolute atomic E-state index is 0.114. The quantitative estimate of drug-likeness (QED) is 0.314. The fourth-order valence-electron chi connectivity index (χ4n) is 3.73. The third kappa shape index (κ3) is 2.97. The minimum atomic E-state index is -1.72. The van der Waals surface area contributed by atoms with Crippen LogP contribution in [0.4, 0.5) is 0 Å². The topological polar surface area (TPSA) is 170 Å². The first-order chi connectivity index (χ1) is 14.3. The molecule has 4 rings (SSSR count). The third-order valence-electron chi connectivity index (χ3n) is 5.32. The zero-order valence-corrected chi connectivity index (χ0v) is 15.7. The second kappa shape index (κ2) is 7.42. The molecule has 0 saturated carbocycles. The van der Waals surface area contributed by atoms with Crippen LogP contribution in [-0.4, -0.2) is 68.8 Å². The molecule has 0 unspecified atom stereocenters. The van der Waals surface area contributed by atoms with Crippen molar-refractivity contribution in [1.82, 2.24) is 0 Å². The van der Waals surface area contributed by atoms with Crippen LogP contribution in [0.25, 0.3) is 21.9 Å². The molecule has 5 atom stereocenters. The van der Waals surface area contributed by atoms with E-state index in [2.05, 4.69) is 0 Å². The highest BCUT2D eigenvalue weighted by Gasteiger charge is 2.46. The number of hydrogen-bond acceptors (Lipinski definition) is 10. The van der Waals surface area contributed by atoms with Crippen LogP contribution in [0.5, 0.6) is 17.2 Å². The SMILES string of the molecule is COc1ccc2oc3c([C@@H]4O[C@H](CO)[C@@H](O)[C@H](O)[C@H]4O)c(O)cc(O)c3c(=O)c2c1. The molecule has 1 fully saturated rings. The third-order valence-corrected chi connectivity index (χ3v) is 5.32. The first kappa shape index (κ1) is 20.4. The van der Waals surface area contributed by atoms with Crippen molar-refractivity contribution in [3.63, 3.8) is 0 Å². The number of aliphatic hydroxyl groups is 4. The monoisotopic (exact) mass is 420 g/mol. The Hall–Kier alpha value is -2.89. The number of rotatable bonds is 3. The standard InChI is InChI=1S/C20H20O10/c1-28-7-2-3-11-8(4-7)15(24)13-9(22)5-10(23)14(19(13)29-11)20-18(27)17(26)16(25)12(6-21)30-20/h2-5,12,16-18,20-23,25-27H,6H2,1H3/t12-,16-,17+,18-,20+/m1/s1. The average Bonchev–Trinajstić information content (AvgIpc) is 2.73. The van der Waals surface area contributed by atoms with E-state index in [-0.39, 0.29) is 27.5 Å². The van der Waals surface area contributed by atoms with Crippen LogP contribution in [0.1, 0.15) is 11.7 Å². The summed E-state index contributed by atoms with van der Waals surface area (Å²) in [6.45, 7) is -0.676. The number of methoxy groups -OCH3 is 1. The van der Waals surface area contributed by atoms with Gasteiger partial charge in [-0.2, -0.15) is 0 Å². The van der Waals surface area contributed by atoms with Crippen LogP contribution < -0.4 is 10.2 Å². The molecule has 1 aliphatic rings. The van der Waals surface area contributed by atoms with Crippen molar-refractivity contribution < 1.29 is 44.5 Å². The van der Waals surface area contributed by atoms with Crippen LogP contribution in [0.2, 0.25) is 0 Å². The largest absolute Gasteiger partial charge is 0.507 e. The van der Waals surface area contributed by atoms with Gasteiger partial charge in [-0.15, -0.1) is 0 Å². The molecule has 0 spiro atoms. The van der Waals surface area contributed by atoms with Gasteiger partial charge < -0.3 is 44.5 Å². The molecule has 3 aromatic rings. The summed E-state index contributed by atoms with van der Waals surface area (Å²) in [5.41, 5.74) is -0.980. The molecular formula is C20H20O10. The Morgan fingerprint density at radius 3 is 2.43 bits per heavy atom. The zero-order chi connectivity index (χ0) is 21.7. The Labute approximate surface area is 168 Å². The fraction of sp³-hybridized carbons (Fsp3) is 0.350. The van der Waals surface area contributed by atoms with E-state index < -0.39 is 54.1 Å². The molecule has 1 aromatic heterocycles. The second-order valence-corrected chi connectivity index (χ2v) is 7.08. The van der Waals surface area contributed by atoms with Gasteiger partial charge in [0.05, 0.1) is 24.7 Å². The Kier molecular flexibility index (Phi) is 5.04. The molecule has 1 saturated heterocycles. The number of phenols is 2. The van der Waals surface area contributed by atoms with Crippen molar-refractivity contribution in [2.75, 3.05) is 13.7 Å². The lowest BCUT2D eigenvalue weighted by Gasteiger charge is -2.40. The van der Waals surface area contributed by atoms with E-state index in [0.29, 0.717) is 5.75 Å². The van der Waals surface area contributed by atoms with Gasteiger partial charge in [-0.1, -0.05) is 0 Å². The Balaban J connectivity index is 2.02. The van der Waals surface area contributed by atoms with Crippen LogP contribution in [0.3, 0.4) is 0 Å². The van der Waals surface area contributed by atoms with E-state index in [4.69, 9.17) is 13.9 Å². The number of fused-ring (bicyclic) bond motifs is 2. The molecular weight excluding hydrogens is 400 g/mol. The predicted octanol–water partition coefficient (Wildman–Crippen LogP) is -0.119. The Bertz CT molecular complexity index is 1170. The van der Waals surface area contributed by atoms with E-state index in [1.54, 1.807) is 6.07 Å². The maximum Gasteiger partial charge on any atom is 0.204 e. The Morgan fingerprint density at radius 1 is 1.03 bits per heavy atom. The van der Waals surface area contributed by atoms with Crippen LogP contribution in [0.15, 0.2) is 33.5 Å². The molecule has 0 aliphatic carbocycles. The number of phenolic OH excluding ortho intramolecular Hbond substituents is 2. The lowest BCUT2D eigenvalue weighted by Crippen LogP contribution is -2.55. The number of aliphatic hydroxyl groups excluding tert-OH is 4. The predicted molar refractivity (Wildman–Crippen MR) is 103 cm³/mol. The molecule has 0 amide bonds. The summed E-state index contributed by atoms with van der Waals surface area (Å²) in [6.07, 6.45) is -7.75. The van der Waals surface area contributed by atoms with Gasteiger partial charge in [0.25, 0.3) is 0 Å². The van der Waals surface area contributed by atoms with E-state index in [1.807, 2.05) is 0 Å². The van der Waals surface area contributed by atoms with Gasteiger partial charge in [0, 0.05) is 6.07 Å². The number of aromatic hydroxyl groups is 2. The molecule has 10 nitrogen and oxygen atoms in total. The van der Waals surface area contributed by atoms with Gasteiger partial charge in [0.2, 0.25) is 5.43 Å². The summed E-state index contributed by atoms with van der Waals surface area (Å²) in [5, 5.41) is 60.6. The smallest absolute Gasteiger partial charge is 0.204 e. The van der Waals surface area contributed by atoms with Crippen molar-refractivity contribution in [1.29, 1.82) is 0 Å². The second-order valence-electron chi connectivity index (χ2n) is 7.08. The summed E-state index contributed by atoms with van der Waals surface area (Å²) in [6, 6.07) is 5.34. The van der Waals surface area contributed by atoms with E-state index >= 15 is 0 Å². The molecule has 0 radical (unpaired) electrons. The highest BCUT2D eigenvalue weighted by Crippen LogP contribution is 2.43. The number of hydrogen-bond donors (Lipinski definition) is 6. The lowest BCUT2D eigenvalue weighted by atomic mass is 9.89. The highest BCUT2D eigenvalue weighted by molar-refractivity contribution is 5.96. The maximum atomic E-state index is 13.1. The molecule has 0 bridgehead atoms. The van der Waals surface area contributed by atoms with Gasteiger partial charge in [0.15, 0.2) is 5.58 Å². The summed E-state index contributed by atoms with van der Waals surface area (Å²) in [7, 11) is 1.43. The maximum absolute atomic E-state index is 13.1. The van der Waals surface area contributed by atoms with Gasteiger partial charge >= 0.3 is 0 Å². The summed E-state index contributed by atoms with van der Waals surface area (Å²) < 4.78 is 16.4. The highest BCUT2D eigenvalue weighted by atomic mass is 16.5. The van der Waals surface area contributed by atoms with E-state index in [0.717, 1.165) is 6.07 Å². The first-order valence-electron chi connectivity index (χ1n) is 9.08. The van der Waals surface area contributed by atoms with Crippen molar-refractivity contribution in [3.8, 4) is 17.2 Å². The van der Waals surface area contributed by atoms with Crippen LogP contribution in [-0.2, 0) is 4.74 Å². The molecule has 6 N–H and O–H groups in total. The number of benzene rings is 2. The minimum Gasteiger partial charge on any atom is -0.507 e. The molecule has 30 heavy (non-hydrogen) atoms. The molecule has 160 valence electrons. The van der Waals surface area contributed by atoms with Gasteiger partial charge in [-0.25, -0.2) is 0 Å². The van der Waals surface area contributed by atoms with Crippen molar-refractivity contribution >= 4 is 21.9 Å². The fourth-order valence-corrected chi connectivity index (χ4v) is 3.73. The normalized spacial score (nSPS) is 26.9. The van der Waals surface area contributed by atoms with Gasteiger partial charge in [0.1, 0.15) is 58.7 Å². The summed E-state index contributed by atoms with van der Waals surface area (Å²) in [4.78, 5) is 13.1. The Morgan fingerprint density at radius 2 is 1.77 bits per heavy atom. The van der Waals surface area contributed by atoms with Crippen molar-refractivity contribution in [3.05, 3.63) is 40.1 Å². The van der Waals surface area contributed by atoms with Gasteiger partial charge in [-0.05, 0) is 18.2 Å². The summed E-state index contributed by atoms with van der Waals surface area (Å²) >= 11 is 0. The van der Waals surface area contributed by atoms with Crippen molar-refractivity contribution in [2.24, 2.45) is 0 Å². The zero-order valence-electron chi connectivity index (χ0n) is 15.7. The van der Waals surface area contributed by atoms with E-state index in [1.165, 1.54) is 19.2 Å². The van der Waals surface area contributed by atoms with Crippen LogP contribution >= 0.6 is 0 Å². The van der Waals surface area contributed by atoms with Crippen molar-refractivity contribution in [2.45, 2.75) is 30.5 Å². The number of ether oxygens (including phenoxy) is 2. The van der Waals surface area contributed by atoms with Crippen LogP contribution in [0, 0.1) is 0 Å². The molecule has 2 aromatic carbocycles. The molecule has 2 heterocycles. The molecule has 10 heteroatoms. The lowest BCUT2D eigenvalue weighted by molar-refractivity contribution is -0.231. The molecule has 1 aliphatic heterocycles. The van der Waals surface area contributed by atoms with Gasteiger partial charge in [-0.3, -0.25) is 4.79 Å². The van der Waals surface area contributed by atoms with E-state index in [9.17, 15) is 35.4 Å². The summed E-state index contributed by atoms with van der Waals surface area (Å²) in [5.74, 6) is -0.740. The average molecular weight is 420 g/mol.